The predicted molar refractivity (Wildman–Crippen MR) is 154 cm³/mol. The van der Waals surface area contributed by atoms with Crippen molar-refractivity contribution >= 4 is 17.6 Å². The van der Waals surface area contributed by atoms with Crippen LogP contribution >= 0.6 is 0 Å². The molecule has 0 spiro atoms. The SMILES string of the molecule is NC(=O)c1ccc(Oc2cc(NC(=O)N3CCC(O)(C4CCCCCC4)CC3)cc(Oc3ccc(F)cc3)c2)cc1. The van der Waals surface area contributed by atoms with Crippen molar-refractivity contribution in [1.29, 1.82) is 0 Å². The highest BCUT2D eigenvalue weighted by Crippen LogP contribution is 2.39. The van der Waals surface area contributed by atoms with E-state index in [-0.39, 0.29) is 11.8 Å². The van der Waals surface area contributed by atoms with Crippen molar-refractivity contribution in [3.63, 3.8) is 0 Å². The van der Waals surface area contributed by atoms with E-state index in [1.54, 1.807) is 47.4 Å². The number of hydrogen-bond acceptors (Lipinski definition) is 5. The molecule has 0 radical (unpaired) electrons. The van der Waals surface area contributed by atoms with Gasteiger partial charge in [0.1, 0.15) is 28.8 Å². The van der Waals surface area contributed by atoms with Crippen molar-refractivity contribution in [3.05, 3.63) is 78.1 Å². The fourth-order valence-corrected chi connectivity index (χ4v) is 5.75. The number of carbonyl (C=O) groups is 2. The molecule has 0 atom stereocenters. The number of piperidine rings is 1. The molecule has 2 aliphatic rings. The summed E-state index contributed by atoms with van der Waals surface area (Å²) in [5.41, 5.74) is 5.41. The molecule has 3 aromatic carbocycles. The Morgan fingerprint density at radius 1 is 0.829 bits per heavy atom. The topological polar surface area (TPSA) is 114 Å². The van der Waals surface area contributed by atoms with E-state index in [1.165, 1.54) is 37.1 Å². The average Bonchev–Trinajstić information content (AvgIpc) is 3.25. The number of anilines is 1. The van der Waals surface area contributed by atoms with Crippen LogP contribution in [-0.4, -0.2) is 40.6 Å². The normalized spacial score (nSPS) is 17.4. The van der Waals surface area contributed by atoms with Gasteiger partial charge in [-0.05, 0) is 80.1 Å². The van der Waals surface area contributed by atoms with Crippen LogP contribution in [0, 0.1) is 11.7 Å². The van der Waals surface area contributed by atoms with E-state index in [9.17, 15) is 19.1 Å². The highest BCUT2D eigenvalue weighted by Gasteiger charge is 2.40. The molecule has 0 bridgehead atoms. The van der Waals surface area contributed by atoms with Crippen LogP contribution in [0.2, 0.25) is 0 Å². The molecule has 2 fully saturated rings. The van der Waals surface area contributed by atoms with Crippen molar-refractivity contribution in [2.75, 3.05) is 18.4 Å². The average molecular weight is 562 g/mol. The van der Waals surface area contributed by atoms with Crippen LogP contribution in [0.4, 0.5) is 14.9 Å². The largest absolute Gasteiger partial charge is 0.457 e. The maximum atomic E-state index is 13.4. The molecular formula is C32H36FN3O5. The van der Waals surface area contributed by atoms with Gasteiger partial charge in [-0.25, -0.2) is 9.18 Å². The predicted octanol–water partition coefficient (Wildman–Crippen LogP) is 6.84. The molecule has 1 saturated heterocycles. The summed E-state index contributed by atoms with van der Waals surface area (Å²) in [5, 5.41) is 14.3. The highest BCUT2D eigenvalue weighted by molar-refractivity contribution is 5.93. The molecule has 4 N–H and O–H groups in total. The lowest BCUT2D eigenvalue weighted by Gasteiger charge is -2.43. The lowest BCUT2D eigenvalue weighted by atomic mass is 9.76. The Hall–Kier alpha value is -4.11. The summed E-state index contributed by atoms with van der Waals surface area (Å²) in [6.07, 6.45) is 8.02. The summed E-state index contributed by atoms with van der Waals surface area (Å²) in [6.45, 7) is 0.945. The van der Waals surface area contributed by atoms with Gasteiger partial charge in [-0.2, -0.15) is 0 Å². The quantitative estimate of drug-likeness (QED) is 0.273. The molecule has 8 nitrogen and oxygen atoms in total. The van der Waals surface area contributed by atoms with Crippen LogP contribution in [0.15, 0.2) is 66.7 Å². The van der Waals surface area contributed by atoms with E-state index >= 15 is 0 Å². The number of carbonyl (C=O) groups excluding carboxylic acids is 2. The molecule has 3 amide bonds. The third-order valence-electron chi connectivity index (χ3n) is 8.09. The first-order chi connectivity index (χ1) is 19.8. The molecule has 1 saturated carbocycles. The van der Waals surface area contributed by atoms with Crippen molar-refractivity contribution in [3.8, 4) is 23.0 Å². The number of aliphatic hydroxyl groups is 1. The number of primary amides is 1. The second kappa shape index (κ2) is 12.6. The first kappa shape index (κ1) is 28.4. The van der Waals surface area contributed by atoms with Crippen LogP contribution in [0.25, 0.3) is 0 Å². The van der Waals surface area contributed by atoms with E-state index in [2.05, 4.69) is 5.32 Å². The minimum atomic E-state index is -0.713. The second-order valence-corrected chi connectivity index (χ2v) is 10.9. The van der Waals surface area contributed by atoms with Gasteiger partial charge in [0, 0.05) is 42.5 Å². The number of likely N-dealkylation sites (tertiary alicyclic amines) is 1. The van der Waals surface area contributed by atoms with Gasteiger partial charge in [0.2, 0.25) is 5.91 Å². The molecule has 216 valence electrons. The van der Waals surface area contributed by atoms with Crippen LogP contribution < -0.4 is 20.5 Å². The van der Waals surface area contributed by atoms with Crippen molar-refractivity contribution < 1.29 is 28.6 Å². The maximum Gasteiger partial charge on any atom is 0.321 e. The van der Waals surface area contributed by atoms with E-state index in [0.717, 1.165) is 25.7 Å². The summed E-state index contributed by atoms with van der Waals surface area (Å²) >= 11 is 0. The Kier molecular flexibility index (Phi) is 8.73. The third kappa shape index (κ3) is 7.35. The molecule has 41 heavy (non-hydrogen) atoms. The Balaban J connectivity index is 1.30. The zero-order valence-electron chi connectivity index (χ0n) is 23.0. The summed E-state index contributed by atoms with van der Waals surface area (Å²) in [7, 11) is 0. The number of urea groups is 1. The number of rotatable bonds is 7. The fourth-order valence-electron chi connectivity index (χ4n) is 5.75. The number of nitrogens with two attached hydrogens (primary N) is 1. The summed E-state index contributed by atoms with van der Waals surface area (Å²) in [6, 6.07) is 16.7. The Bertz CT molecular complexity index is 1350. The highest BCUT2D eigenvalue weighted by atomic mass is 19.1. The Morgan fingerprint density at radius 2 is 1.37 bits per heavy atom. The minimum Gasteiger partial charge on any atom is -0.457 e. The number of nitrogens with one attached hydrogen (secondary N) is 1. The van der Waals surface area contributed by atoms with Crippen LogP contribution in [0.3, 0.4) is 0 Å². The van der Waals surface area contributed by atoms with Gasteiger partial charge < -0.3 is 30.5 Å². The third-order valence-corrected chi connectivity index (χ3v) is 8.09. The Labute approximate surface area is 239 Å². The number of hydrogen-bond donors (Lipinski definition) is 3. The van der Waals surface area contributed by atoms with E-state index < -0.39 is 11.5 Å². The van der Waals surface area contributed by atoms with Gasteiger partial charge in [0.25, 0.3) is 0 Å². The zero-order valence-corrected chi connectivity index (χ0v) is 23.0. The molecule has 0 aromatic heterocycles. The van der Waals surface area contributed by atoms with Crippen LogP contribution in [0.1, 0.15) is 61.7 Å². The molecule has 3 aromatic rings. The number of ether oxygens (including phenoxy) is 2. The van der Waals surface area contributed by atoms with E-state index in [1.807, 2.05) is 0 Å². The summed E-state index contributed by atoms with van der Waals surface area (Å²) < 4.78 is 25.3. The van der Waals surface area contributed by atoms with Gasteiger partial charge in [-0.15, -0.1) is 0 Å². The fraction of sp³-hybridized carbons (Fsp3) is 0.375. The molecule has 9 heteroatoms. The molecule has 1 aliphatic carbocycles. The lowest BCUT2D eigenvalue weighted by molar-refractivity contribution is -0.0641. The molecule has 0 unspecified atom stereocenters. The van der Waals surface area contributed by atoms with Crippen LogP contribution in [-0.2, 0) is 0 Å². The number of halogens is 1. The van der Waals surface area contributed by atoms with Gasteiger partial charge in [0.15, 0.2) is 0 Å². The zero-order chi connectivity index (χ0) is 28.8. The molecule has 5 rings (SSSR count). The minimum absolute atomic E-state index is 0.274. The second-order valence-electron chi connectivity index (χ2n) is 10.9. The molecule has 1 heterocycles. The molecular weight excluding hydrogens is 525 g/mol. The number of benzene rings is 3. The van der Waals surface area contributed by atoms with Gasteiger partial charge in [-0.3, -0.25) is 4.79 Å². The maximum absolute atomic E-state index is 13.4. The lowest BCUT2D eigenvalue weighted by Crippen LogP contribution is -2.51. The standard InChI is InChI=1S/C32H36FN3O5/c33-24-9-13-27(14-10-24)41-29-20-25(19-28(21-29)40-26-11-7-22(8-12-26)30(34)37)35-31(38)36-17-15-32(39,16-18-36)23-5-3-1-2-4-6-23/h7-14,19-21,23,39H,1-6,15-18H2,(H2,34,37)(H,35,38). The smallest absolute Gasteiger partial charge is 0.321 e. The monoisotopic (exact) mass is 561 g/mol. The van der Waals surface area contributed by atoms with Gasteiger partial charge in [0.05, 0.1) is 5.60 Å². The van der Waals surface area contributed by atoms with Crippen molar-refractivity contribution in [2.24, 2.45) is 11.7 Å². The Morgan fingerprint density at radius 3 is 1.90 bits per heavy atom. The van der Waals surface area contributed by atoms with Crippen molar-refractivity contribution in [2.45, 2.75) is 57.0 Å². The number of amides is 3. The molecule has 1 aliphatic heterocycles. The first-order valence-corrected chi connectivity index (χ1v) is 14.2. The van der Waals surface area contributed by atoms with E-state index in [0.29, 0.717) is 66.1 Å². The summed E-state index contributed by atoms with van der Waals surface area (Å²) in [5.74, 6) is 1.01. The van der Waals surface area contributed by atoms with Gasteiger partial charge in [-0.1, -0.05) is 25.7 Å². The van der Waals surface area contributed by atoms with Crippen molar-refractivity contribution in [1.82, 2.24) is 4.90 Å². The van der Waals surface area contributed by atoms with Gasteiger partial charge >= 0.3 is 6.03 Å². The number of nitrogens with zero attached hydrogens (tertiary/aromatic N) is 1. The van der Waals surface area contributed by atoms with E-state index in [4.69, 9.17) is 15.2 Å². The summed E-state index contributed by atoms with van der Waals surface area (Å²) in [4.78, 5) is 26.4. The van der Waals surface area contributed by atoms with Crippen LogP contribution in [0.5, 0.6) is 23.0 Å². The first-order valence-electron chi connectivity index (χ1n) is 14.2.